The highest BCUT2D eigenvalue weighted by Gasteiger charge is 2.12. The van der Waals surface area contributed by atoms with Gasteiger partial charge in [-0.1, -0.05) is 0 Å². The quantitative estimate of drug-likeness (QED) is 0.564. The van der Waals surface area contributed by atoms with Crippen molar-refractivity contribution >= 4 is 31.8 Å². The monoisotopic (exact) mass is 312 g/mol. The molecule has 0 atom stereocenters. The summed E-state index contributed by atoms with van der Waals surface area (Å²) in [5, 5.41) is 10.7. The molecule has 0 spiro atoms. The predicted octanol–water partition coefficient (Wildman–Crippen LogP) is 3.65. The van der Waals surface area contributed by atoms with Gasteiger partial charge in [-0.3, -0.25) is 4.79 Å². The van der Waals surface area contributed by atoms with E-state index in [2.05, 4.69) is 9.97 Å². The van der Waals surface area contributed by atoms with E-state index in [9.17, 15) is 14.3 Å². The molecule has 0 aliphatic carbocycles. The molecule has 0 aliphatic rings. The minimum Gasteiger partial charge on any atom is -0.506 e. The van der Waals surface area contributed by atoms with Crippen LogP contribution >= 0.6 is 11.3 Å². The zero-order chi connectivity index (χ0) is 15.3. The van der Waals surface area contributed by atoms with E-state index in [-0.39, 0.29) is 17.1 Å². The average molecular weight is 312 g/mol. The number of thiophene rings is 1. The average Bonchev–Trinajstić information content (AvgIpc) is 2.86. The molecule has 6 heteroatoms. The first-order valence-corrected chi connectivity index (χ1v) is 7.35. The van der Waals surface area contributed by atoms with Gasteiger partial charge < -0.3 is 10.1 Å². The molecule has 22 heavy (non-hydrogen) atoms. The molecule has 3 heterocycles. The number of aromatic hydroxyl groups is 1. The van der Waals surface area contributed by atoms with E-state index in [1.54, 1.807) is 12.1 Å². The summed E-state index contributed by atoms with van der Waals surface area (Å²) >= 11 is 1.30. The summed E-state index contributed by atoms with van der Waals surface area (Å²) in [4.78, 5) is 19.5. The van der Waals surface area contributed by atoms with E-state index in [0.29, 0.717) is 20.7 Å². The molecule has 0 saturated heterocycles. The highest BCUT2D eigenvalue weighted by molar-refractivity contribution is 7.25. The van der Waals surface area contributed by atoms with Crippen LogP contribution in [0, 0.1) is 5.82 Å². The third-order valence-corrected chi connectivity index (χ3v) is 4.57. The van der Waals surface area contributed by atoms with Crippen LogP contribution in [0.25, 0.3) is 31.7 Å². The van der Waals surface area contributed by atoms with Gasteiger partial charge >= 0.3 is 0 Å². The fraction of sp³-hybridized carbons (Fsp3) is 0. The normalized spacial score (nSPS) is 11.3. The summed E-state index contributed by atoms with van der Waals surface area (Å²) in [6.07, 6.45) is 0. The molecule has 1 aromatic carbocycles. The Morgan fingerprint density at radius 1 is 1.14 bits per heavy atom. The van der Waals surface area contributed by atoms with Gasteiger partial charge in [-0.05, 0) is 36.4 Å². The van der Waals surface area contributed by atoms with Crippen LogP contribution in [-0.2, 0) is 0 Å². The zero-order valence-electron chi connectivity index (χ0n) is 11.1. The fourth-order valence-corrected chi connectivity index (χ4v) is 3.46. The van der Waals surface area contributed by atoms with Crippen molar-refractivity contribution < 1.29 is 9.50 Å². The Bertz CT molecular complexity index is 1070. The number of H-pyrrole nitrogens is 1. The standard InChI is InChI=1S/C16H9FN2O2S/c17-9-3-1-8(2-4-9)11-6-5-10-14-15(22-16(10)18-11)12(20)7-13(21)19-14/h1-7H,(H2,19,20,21). The molecule has 0 radical (unpaired) electrons. The molecule has 4 rings (SSSR count). The van der Waals surface area contributed by atoms with Crippen LogP contribution in [0.4, 0.5) is 4.39 Å². The van der Waals surface area contributed by atoms with Crippen molar-refractivity contribution in [1.82, 2.24) is 9.97 Å². The number of nitrogens with zero attached hydrogens (tertiary/aromatic N) is 1. The van der Waals surface area contributed by atoms with E-state index >= 15 is 0 Å². The van der Waals surface area contributed by atoms with E-state index in [0.717, 1.165) is 17.0 Å². The largest absolute Gasteiger partial charge is 0.506 e. The Balaban J connectivity index is 1.98. The van der Waals surface area contributed by atoms with Crippen molar-refractivity contribution in [3.63, 3.8) is 0 Å². The van der Waals surface area contributed by atoms with Gasteiger partial charge in [-0.15, -0.1) is 11.3 Å². The third kappa shape index (κ3) is 1.96. The summed E-state index contributed by atoms with van der Waals surface area (Å²) in [5.74, 6) is -0.348. The second kappa shape index (κ2) is 4.64. The van der Waals surface area contributed by atoms with Crippen molar-refractivity contribution in [3.05, 3.63) is 58.6 Å². The number of halogens is 1. The lowest BCUT2D eigenvalue weighted by Gasteiger charge is -2.00. The lowest BCUT2D eigenvalue weighted by Crippen LogP contribution is -2.01. The van der Waals surface area contributed by atoms with Crippen LogP contribution < -0.4 is 5.56 Å². The number of hydrogen-bond donors (Lipinski definition) is 2. The van der Waals surface area contributed by atoms with Crippen LogP contribution in [-0.4, -0.2) is 15.1 Å². The van der Waals surface area contributed by atoms with Crippen molar-refractivity contribution in [2.24, 2.45) is 0 Å². The lowest BCUT2D eigenvalue weighted by atomic mass is 10.1. The Hall–Kier alpha value is -2.73. The molecule has 108 valence electrons. The molecule has 0 amide bonds. The number of nitrogens with one attached hydrogen (secondary N) is 1. The van der Waals surface area contributed by atoms with E-state index in [4.69, 9.17) is 0 Å². The molecule has 0 unspecified atom stereocenters. The maximum absolute atomic E-state index is 13.0. The summed E-state index contributed by atoms with van der Waals surface area (Å²) in [7, 11) is 0. The summed E-state index contributed by atoms with van der Waals surface area (Å²) < 4.78 is 13.6. The summed E-state index contributed by atoms with van der Waals surface area (Å²) in [6, 6.07) is 10.9. The van der Waals surface area contributed by atoms with Crippen LogP contribution in [0.3, 0.4) is 0 Å². The van der Waals surface area contributed by atoms with Crippen molar-refractivity contribution in [1.29, 1.82) is 0 Å². The summed E-state index contributed by atoms with van der Waals surface area (Å²) in [6.45, 7) is 0. The first-order chi connectivity index (χ1) is 10.6. The second-order valence-corrected chi connectivity index (χ2v) is 5.88. The van der Waals surface area contributed by atoms with Gasteiger partial charge in [0.05, 0.1) is 15.9 Å². The molecule has 3 aromatic heterocycles. The van der Waals surface area contributed by atoms with Crippen LogP contribution in [0.2, 0.25) is 0 Å². The number of aromatic nitrogens is 2. The first-order valence-electron chi connectivity index (χ1n) is 6.53. The molecule has 0 bridgehead atoms. The number of pyridine rings is 2. The van der Waals surface area contributed by atoms with Gasteiger partial charge in [-0.25, -0.2) is 9.37 Å². The van der Waals surface area contributed by atoms with Gasteiger partial charge in [0, 0.05) is 17.0 Å². The van der Waals surface area contributed by atoms with Crippen LogP contribution in [0.15, 0.2) is 47.3 Å². The van der Waals surface area contributed by atoms with Gasteiger partial charge in [0.2, 0.25) is 0 Å². The number of benzene rings is 1. The van der Waals surface area contributed by atoms with Crippen LogP contribution in [0.5, 0.6) is 5.75 Å². The highest BCUT2D eigenvalue weighted by Crippen LogP contribution is 2.36. The molecule has 4 aromatic rings. The summed E-state index contributed by atoms with van der Waals surface area (Å²) in [5.41, 5.74) is 1.75. The molecule has 0 saturated carbocycles. The maximum atomic E-state index is 13.0. The van der Waals surface area contributed by atoms with Crippen molar-refractivity contribution in [3.8, 4) is 17.0 Å². The first kappa shape index (κ1) is 13.0. The van der Waals surface area contributed by atoms with E-state index < -0.39 is 0 Å². The van der Waals surface area contributed by atoms with Gasteiger partial charge in [0.25, 0.3) is 5.56 Å². The SMILES string of the molecule is O=c1cc(O)c2sc3nc(-c4ccc(F)cc4)ccc3c2[nH]1. The highest BCUT2D eigenvalue weighted by atomic mass is 32.1. The fourth-order valence-electron chi connectivity index (χ4n) is 2.41. The minimum atomic E-state index is -0.354. The Kier molecular flexibility index (Phi) is 2.74. The molecule has 2 N–H and O–H groups in total. The molecular formula is C16H9FN2O2S. The predicted molar refractivity (Wildman–Crippen MR) is 84.8 cm³/mol. The molecular weight excluding hydrogens is 303 g/mol. The van der Waals surface area contributed by atoms with Gasteiger partial charge in [-0.2, -0.15) is 0 Å². The minimum absolute atomic E-state index is 0.0508. The topological polar surface area (TPSA) is 66.0 Å². The Morgan fingerprint density at radius 3 is 2.68 bits per heavy atom. The lowest BCUT2D eigenvalue weighted by molar-refractivity contribution is 0.481. The molecule has 4 nitrogen and oxygen atoms in total. The van der Waals surface area contributed by atoms with Crippen molar-refractivity contribution in [2.75, 3.05) is 0 Å². The second-order valence-electron chi connectivity index (χ2n) is 4.88. The number of hydrogen-bond acceptors (Lipinski definition) is 4. The van der Waals surface area contributed by atoms with Crippen LogP contribution in [0.1, 0.15) is 0 Å². The molecule has 0 fully saturated rings. The number of aromatic amines is 1. The molecule has 0 aliphatic heterocycles. The van der Waals surface area contributed by atoms with Gasteiger partial charge in [0.1, 0.15) is 16.4 Å². The van der Waals surface area contributed by atoms with E-state index in [1.807, 2.05) is 12.1 Å². The van der Waals surface area contributed by atoms with Gasteiger partial charge in [0.15, 0.2) is 0 Å². The third-order valence-electron chi connectivity index (χ3n) is 3.44. The zero-order valence-corrected chi connectivity index (χ0v) is 11.9. The number of rotatable bonds is 1. The number of fused-ring (bicyclic) bond motifs is 3. The Morgan fingerprint density at radius 2 is 1.91 bits per heavy atom. The maximum Gasteiger partial charge on any atom is 0.252 e. The van der Waals surface area contributed by atoms with Crippen molar-refractivity contribution in [2.45, 2.75) is 0 Å². The smallest absolute Gasteiger partial charge is 0.252 e. The van der Waals surface area contributed by atoms with E-state index in [1.165, 1.54) is 23.5 Å². The Labute approximate surface area is 127 Å².